The first-order valence-corrected chi connectivity index (χ1v) is 6.84. The third kappa shape index (κ3) is 3.66. The number of nitrogens with zero attached hydrogens (tertiary/aromatic N) is 1. The Bertz CT molecular complexity index is 428. The Labute approximate surface area is 151 Å². The molecule has 1 heterocycles. The van der Waals surface area contributed by atoms with Gasteiger partial charge in [0.2, 0.25) is 0 Å². The molecule has 1 fully saturated rings. The summed E-state index contributed by atoms with van der Waals surface area (Å²) in [6, 6.07) is 0. The number of allylic oxidation sites excluding steroid dienone is 2. The van der Waals surface area contributed by atoms with Crippen molar-refractivity contribution in [2.75, 3.05) is 6.54 Å². The minimum Gasteiger partial charge on any atom is -0.495 e. The number of rotatable bonds is 2. The molecule has 6 heteroatoms. The summed E-state index contributed by atoms with van der Waals surface area (Å²) in [7, 11) is 0. The predicted octanol–water partition coefficient (Wildman–Crippen LogP) is 2.48. The van der Waals surface area contributed by atoms with Gasteiger partial charge in [-0.1, -0.05) is 0 Å². The molecule has 2 aliphatic rings. The van der Waals surface area contributed by atoms with E-state index in [9.17, 15) is 9.59 Å². The second kappa shape index (κ2) is 7.41. The molecule has 0 aromatic heterocycles. The van der Waals surface area contributed by atoms with E-state index in [1.807, 2.05) is 6.54 Å². The van der Waals surface area contributed by atoms with Crippen LogP contribution in [0.1, 0.15) is 39.0 Å². The maximum atomic E-state index is 12.0. The normalized spacial score (nSPS) is 26.6. The molecule has 4 nitrogen and oxygen atoms in total. The van der Waals surface area contributed by atoms with Gasteiger partial charge in [-0.3, -0.25) is 9.59 Å². The van der Waals surface area contributed by atoms with Gasteiger partial charge in [0.05, 0.1) is 0 Å². The average Bonchev–Trinajstić information content (AvgIpc) is 2.43. The van der Waals surface area contributed by atoms with E-state index in [2.05, 4.69) is 19.8 Å². The van der Waals surface area contributed by atoms with Crippen LogP contribution in [0.25, 0.3) is 0 Å². The van der Waals surface area contributed by atoms with Crippen LogP contribution in [-0.2, 0) is 46.5 Å². The number of ketones is 1. The smallest absolute Gasteiger partial charge is 0.163 e. The zero-order valence-corrected chi connectivity index (χ0v) is 15.5. The van der Waals surface area contributed by atoms with Gasteiger partial charge in [0.1, 0.15) is 5.76 Å². The molecule has 1 aliphatic carbocycles. The van der Waals surface area contributed by atoms with Crippen LogP contribution in [0.2, 0.25) is 0 Å². The van der Waals surface area contributed by atoms with Gasteiger partial charge >= 0.3 is 0 Å². The van der Waals surface area contributed by atoms with E-state index >= 15 is 0 Å². The molecule has 0 saturated carbocycles. The summed E-state index contributed by atoms with van der Waals surface area (Å²) in [6.07, 6.45) is 3.05. The number of hydrogen-bond acceptors (Lipinski definition) is 4. The number of carbonyl (C=O) groups is 2. The summed E-state index contributed by atoms with van der Waals surface area (Å²) in [4.78, 5) is 25.3. The first-order valence-electron chi connectivity index (χ1n) is 6.48. The summed E-state index contributed by atoms with van der Waals surface area (Å²) in [5, 5.41) is 0. The Morgan fingerprint density at radius 3 is 2.75 bits per heavy atom. The van der Waals surface area contributed by atoms with Crippen molar-refractivity contribution in [2.24, 2.45) is 5.41 Å². The Kier molecular flexibility index (Phi) is 6.74. The Morgan fingerprint density at radius 2 is 2.25 bits per heavy atom. The first-order chi connectivity index (χ1) is 9.01. The van der Waals surface area contributed by atoms with E-state index in [-0.39, 0.29) is 56.2 Å². The molecular formula is C14H19NO3SY-2. The van der Waals surface area contributed by atoms with Crippen molar-refractivity contribution in [1.29, 1.82) is 0 Å². The van der Waals surface area contributed by atoms with E-state index in [0.29, 0.717) is 24.3 Å². The molecule has 1 saturated heterocycles. The minimum atomic E-state index is -0.105. The van der Waals surface area contributed by atoms with Crippen LogP contribution in [0.5, 0.6) is 0 Å². The van der Waals surface area contributed by atoms with Crippen molar-refractivity contribution in [2.45, 2.75) is 39.0 Å². The molecule has 20 heavy (non-hydrogen) atoms. The van der Waals surface area contributed by atoms with Crippen molar-refractivity contribution in [1.82, 2.24) is 4.90 Å². The second-order valence-corrected chi connectivity index (χ2v) is 5.57. The monoisotopic (exact) mass is 370 g/mol. The molecule has 109 valence electrons. The van der Waals surface area contributed by atoms with Crippen LogP contribution in [0.15, 0.2) is 11.3 Å². The third-order valence-electron chi connectivity index (χ3n) is 4.18. The largest absolute Gasteiger partial charge is 0.495 e. The van der Waals surface area contributed by atoms with Crippen molar-refractivity contribution in [3.8, 4) is 0 Å². The third-order valence-corrected chi connectivity index (χ3v) is 4.40. The minimum absolute atomic E-state index is 0. The van der Waals surface area contributed by atoms with Gasteiger partial charge in [0, 0.05) is 64.0 Å². The second-order valence-electron chi connectivity index (χ2n) is 5.39. The zero-order valence-electron chi connectivity index (χ0n) is 11.7. The maximum Gasteiger partial charge on any atom is 0.163 e. The molecule has 2 rings (SSSR count). The van der Waals surface area contributed by atoms with Crippen LogP contribution in [0.3, 0.4) is 0 Å². The van der Waals surface area contributed by atoms with Gasteiger partial charge in [-0.05, 0) is 25.3 Å². The van der Waals surface area contributed by atoms with E-state index in [4.69, 9.17) is 4.18 Å². The molecule has 1 aliphatic heterocycles. The van der Waals surface area contributed by atoms with Crippen molar-refractivity contribution in [3.63, 3.8) is 0 Å². The van der Waals surface area contributed by atoms with Gasteiger partial charge in [-0.15, -0.1) is 6.42 Å². The van der Waals surface area contributed by atoms with Crippen LogP contribution in [-0.4, -0.2) is 23.1 Å². The number of amides is 1. The molecule has 0 N–H and O–H groups in total. The Morgan fingerprint density at radius 1 is 1.55 bits per heavy atom. The van der Waals surface area contributed by atoms with Crippen molar-refractivity contribution >= 4 is 24.6 Å². The summed E-state index contributed by atoms with van der Waals surface area (Å²) in [5.74, 6) is 0.833. The Balaban J connectivity index is 0.00000200. The number of Topliss-reactive ketones (excluding diaryl/α,β-unsaturated/α-hetero) is 1. The standard InChI is InChI=1S/C14H19NO3S.Y/c1-3-13(17)15-6-4-14(5-7-15)8-11(16)10(2)12(9-14)18-19;/h6,19H,1,3-5,7-9H2,2H3;/q-2;. The topological polar surface area (TPSA) is 46.6 Å². The molecule has 1 unspecified atom stereocenters. The maximum absolute atomic E-state index is 12.0. The summed E-state index contributed by atoms with van der Waals surface area (Å²) >= 11 is 3.84. The molecular weight excluding hydrogens is 351 g/mol. The van der Waals surface area contributed by atoms with E-state index < -0.39 is 0 Å². The number of likely N-dealkylation sites (tertiary alicyclic amines) is 1. The average molecular weight is 370 g/mol. The molecule has 1 radical (unpaired) electrons. The van der Waals surface area contributed by atoms with Gasteiger partial charge in [-0.2, -0.15) is 6.42 Å². The fourth-order valence-electron chi connectivity index (χ4n) is 2.81. The van der Waals surface area contributed by atoms with Crippen molar-refractivity contribution in [3.05, 3.63) is 24.8 Å². The molecule has 1 spiro atoms. The van der Waals surface area contributed by atoms with Crippen LogP contribution in [0, 0.1) is 18.9 Å². The Hall–Kier alpha value is 0.134. The van der Waals surface area contributed by atoms with Crippen molar-refractivity contribution < 1.29 is 46.5 Å². The number of piperidine rings is 1. The van der Waals surface area contributed by atoms with Crippen LogP contribution < -0.4 is 0 Å². The summed E-state index contributed by atoms with van der Waals surface area (Å²) in [5.41, 5.74) is 0.573. The zero-order chi connectivity index (χ0) is 14.0. The number of hydrogen-bond donors (Lipinski definition) is 1. The molecule has 0 aromatic rings. The SMILES string of the molecule is [CH2-]CC(=O)N1[CH-]CC2(CC1)CC(=O)C(C)=C(OS)C2.[Y]. The van der Waals surface area contributed by atoms with E-state index in [1.54, 1.807) is 11.8 Å². The molecule has 1 atom stereocenters. The van der Waals surface area contributed by atoms with Gasteiger partial charge in [0.25, 0.3) is 0 Å². The van der Waals surface area contributed by atoms with Gasteiger partial charge < -0.3 is 16.0 Å². The predicted molar refractivity (Wildman–Crippen MR) is 74.7 cm³/mol. The first kappa shape index (κ1) is 18.2. The van der Waals surface area contributed by atoms with Gasteiger partial charge in [0.15, 0.2) is 11.7 Å². The molecule has 1 amide bonds. The van der Waals surface area contributed by atoms with E-state index in [0.717, 1.165) is 19.3 Å². The van der Waals surface area contributed by atoms with Crippen LogP contribution >= 0.6 is 12.9 Å². The molecule has 0 aromatic carbocycles. The quantitative estimate of drug-likeness (QED) is 0.462. The van der Waals surface area contributed by atoms with Crippen LogP contribution in [0.4, 0.5) is 0 Å². The fraction of sp³-hybridized carbons (Fsp3) is 0.571. The fourth-order valence-corrected chi connectivity index (χ4v) is 3.01. The van der Waals surface area contributed by atoms with Gasteiger partial charge in [-0.25, -0.2) is 6.54 Å². The van der Waals surface area contributed by atoms with E-state index in [1.165, 1.54) is 0 Å². The summed E-state index contributed by atoms with van der Waals surface area (Å²) in [6.45, 7) is 7.95. The number of carbonyl (C=O) groups excluding carboxylic acids is 2. The summed E-state index contributed by atoms with van der Waals surface area (Å²) < 4.78 is 5.05. The molecule has 0 bridgehead atoms. The number of thiol groups is 1.